The Labute approximate surface area is 282 Å². The number of hydrogen-bond donors (Lipinski definition) is 9. The van der Waals surface area contributed by atoms with Gasteiger partial charge >= 0.3 is 0 Å². The van der Waals surface area contributed by atoms with Gasteiger partial charge in [0.15, 0.2) is 17.3 Å². The molecular formula is C34H43N9O6. The topological polar surface area (TPSA) is 337 Å². The molecule has 3 rings (SSSR count). The quantitative estimate of drug-likeness (QED) is 0.0487. The summed E-state index contributed by atoms with van der Waals surface area (Å²) < 4.78 is 0. The highest BCUT2D eigenvalue weighted by Gasteiger charge is 2.27. The van der Waals surface area contributed by atoms with E-state index >= 15 is 0 Å². The standard InChI is InChI=1S/C34H43N9O6/c35-22(7-10-28(41)44)32(47)16-1-4-19(25(38)13-16)31(20-5-2-17(14-26(20)39)33(48)23(36)8-11-29(42)45)21-6-3-18(15-27(21)40)34(49)24(37)9-12-30(43)46/h1-6,13-15,22-24,31H,7-12,35-40H2,(H2,41,44)(H2,42,45)(H2,43,46)/t22-,23-,24-/m0/s1. The number of primary amides is 3. The SMILES string of the molecule is NC(=O)CC[C@H](N)C(=O)c1ccc(C(c2ccc(C(=O)[C@@H](N)CCC(N)=O)cc2N)c2ccc(C(=O)[C@@H](N)CCC(N)=O)cc2N)c(N)c1. The molecule has 0 aliphatic heterocycles. The monoisotopic (exact) mass is 673 g/mol. The molecule has 15 heteroatoms. The number of hydrogen-bond acceptors (Lipinski definition) is 12. The summed E-state index contributed by atoms with van der Waals surface area (Å²) in [5, 5.41) is 0. The van der Waals surface area contributed by atoms with E-state index in [1.54, 1.807) is 18.2 Å². The van der Waals surface area contributed by atoms with Crippen molar-refractivity contribution in [1.82, 2.24) is 0 Å². The Balaban J connectivity index is 2.10. The van der Waals surface area contributed by atoms with Gasteiger partial charge in [-0.15, -0.1) is 0 Å². The molecule has 0 bridgehead atoms. The third kappa shape index (κ3) is 9.70. The first-order chi connectivity index (χ1) is 23.0. The minimum atomic E-state index is -0.987. The number of rotatable bonds is 18. The van der Waals surface area contributed by atoms with Crippen molar-refractivity contribution in [2.75, 3.05) is 17.2 Å². The summed E-state index contributed by atoms with van der Waals surface area (Å²) in [6.07, 6.45) is -0.0291. The highest BCUT2D eigenvalue weighted by Crippen LogP contribution is 2.41. The molecule has 0 heterocycles. The summed E-state index contributed by atoms with van der Waals surface area (Å²) in [6.45, 7) is 0. The van der Waals surface area contributed by atoms with E-state index in [9.17, 15) is 28.8 Å². The van der Waals surface area contributed by atoms with E-state index in [4.69, 9.17) is 51.6 Å². The van der Waals surface area contributed by atoms with Crippen LogP contribution in [-0.4, -0.2) is 53.2 Å². The number of ketones is 3. The lowest BCUT2D eigenvalue weighted by atomic mass is 9.81. The van der Waals surface area contributed by atoms with Gasteiger partial charge < -0.3 is 51.6 Å². The molecule has 49 heavy (non-hydrogen) atoms. The number of amides is 3. The summed E-state index contributed by atoms with van der Waals surface area (Å²) in [6, 6.07) is 10.8. The maximum absolute atomic E-state index is 13.0. The van der Waals surface area contributed by atoms with Crippen LogP contribution in [0.15, 0.2) is 54.6 Å². The van der Waals surface area contributed by atoms with Crippen molar-refractivity contribution in [3.05, 3.63) is 88.0 Å². The molecule has 0 aliphatic rings. The van der Waals surface area contributed by atoms with Crippen molar-refractivity contribution < 1.29 is 28.8 Å². The first kappa shape index (κ1) is 37.8. The number of Topliss-reactive ketones (excluding diaryl/α,β-unsaturated/α-hetero) is 3. The van der Waals surface area contributed by atoms with Gasteiger partial charge in [0.1, 0.15) is 0 Å². The summed E-state index contributed by atoms with van der Waals surface area (Å²) in [4.78, 5) is 72.6. The summed E-state index contributed by atoms with van der Waals surface area (Å²) >= 11 is 0. The predicted molar refractivity (Wildman–Crippen MR) is 186 cm³/mol. The van der Waals surface area contributed by atoms with Gasteiger partial charge in [-0.3, -0.25) is 28.8 Å². The zero-order chi connectivity index (χ0) is 36.6. The third-order valence-electron chi connectivity index (χ3n) is 8.16. The van der Waals surface area contributed by atoms with Crippen molar-refractivity contribution in [3.8, 4) is 0 Å². The summed E-state index contributed by atoms with van der Waals surface area (Å²) in [7, 11) is 0. The van der Waals surface area contributed by atoms with Crippen molar-refractivity contribution in [1.29, 1.82) is 0 Å². The lowest BCUT2D eigenvalue weighted by Gasteiger charge is -2.25. The van der Waals surface area contributed by atoms with Crippen LogP contribution in [0.2, 0.25) is 0 Å². The Hall–Kier alpha value is -5.64. The highest BCUT2D eigenvalue weighted by molar-refractivity contribution is 6.02. The van der Waals surface area contributed by atoms with Gasteiger partial charge in [0.25, 0.3) is 0 Å². The molecule has 0 saturated heterocycles. The minimum absolute atomic E-state index is 0.0556. The van der Waals surface area contributed by atoms with Crippen LogP contribution < -0.4 is 51.6 Å². The molecule has 3 amide bonds. The van der Waals surface area contributed by atoms with Gasteiger partial charge in [-0.25, -0.2) is 0 Å². The van der Waals surface area contributed by atoms with Crippen LogP contribution in [0.4, 0.5) is 17.1 Å². The van der Waals surface area contributed by atoms with Gasteiger partial charge in [-0.1, -0.05) is 36.4 Å². The number of carbonyl (C=O) groups excluding carboxylic acids is 6. The average molecular weight is 674 g/mol. The van der Waals surface area contributed by atoms with E-state index in [1.165, 1.54) is 36.4 Å². The fraction of sp³-hybridized carbons (Fsp3) is 0.294. The van der Waals surface area contributed by atoms with Crippen molar-refractivity contribution >= 4 is 52.1 Å². The van der Waals surface area contributed by atoms with Gasteiger partial charge in [-0.2, -0.15) is 0 Å². The number of benzene rings is 3. The molecule has 15 nitrogen and oxygen atoms in total. The molecule has 0 spiro atoms. The molecule has 0 saturated carbocycles. The largest absolute Gasteiger partial charge is 0.398 e. The van der Waals surface area contributed by atoms with Gasteiger partial charge in [-0.05, 0) is 54.2 Å². The molecule has 0 radical (unpaired) electrons. The highest BCUT2D eigenvalue weighted by atomic mass is 16.2. The van der Waals surface area contributed by atoms with Crippen LogP contribution in [-0.2, 0) is 14.4 Å². The molecule has 18 N–H and O–H groups in total. The average Bonchev–Trinajstić information content (AvgIpc) is 3.05. The van der Waals surface area contributed by atoms with E-state index in [0.717, 1.165) is 0 Å². The maximum Gasteiger partial charge on any atom is 0.217 e. The van der Waals surface area contributed by atoms with Gasteiger partial charge in [0.05, 0.1) is 18.1 Å². The Morgan fingerprint density at radius 3 is 0.898 bits per heavy atom. The van der Waals surface area contributed by atoms with E-state index in [-0.39, 0.29) is 72.3 Å². The maximum atomic E-state index is 13.0. The van der Waals surface area contributed by atoms with Crippen molar-refractivity contribution in [2.45, 2.75) is 62.6 Å². The fourth-order valence-electron chi connectivity index (χ4n) is 5.40. The molecule has 3 aromatic carbocycles. The minimum Gasteiger partial charge on any atom is -0.398 e. The van der Waals surface area contributed by atoms with Crippen LogP contribution >= 0.6 is 0 Å². The zero-order valence-electron chi connectivity index (χ0n) is 26.9. The first-order valence-corrected chi connectivity index (χ1v) is 15.4. The second-order valence-corrected chi connectivity index (χ2v) is 11.9. The smallest absolute Gasteiger partial charge is 0.217 e. The van der Waals surface area contributed by atoms with Crippen LogP contribution in [0.5, 0.6) is 0 Å². The molecule has 260 valence electrons. The van der Waals surface area contributed by atoms with Crippen LogP contribution in [0.25, 0.3) is 0 Å². The molecule has 0 unspecified atom stereocenters. The van der Waals surface area contributed by atoms with E-state index in [2.05, 4.69) is 0 Å². The summed E-state index contributed by atoms with van der Waals surface area (Å²) in [5.41, 5.74) is 55.8. The first-order valence-electron chi connectivity index (χ1n) is 15.4. The summed E-state index contributed by atoms with van der Waals surface area (Å²) in [5.74, 6) is -3.86. The lowest BCUT2D eigenvalue weighted by molar-refractivity contribution is -0.119. The fourth-order valence-corrected chi connectivity index (χ4v) is 5.40. The number of carbonyl (C=O) groups is 6. The second-order valence-electron chi connectivity index (χ2n) is 11.9. The van der Waals surface area contributed by atoms with E-state index in [1.807, 2.05) is 0 Å². The normalized spacial score (nSPS) is 13.0. The third-order valence-corrected chi connectivity index (χ3v) is 8.16. The lowest BCUT2D eigenvalue weighted by Crippen LogP contribution is -2.32. The molecule has 3 aromatic rings. The predicted octanol–water partition coefficient (Wildman–Crippen LogP) is -0.0601. The Kier molecular flexibility index (Phi) is 12.7. The van der Waals surface area contributed by atoms with Gasteiger partial charge in [0.2, 0.25) is 17.7 Å². The van der Waals surface area contributed by atoms with Crippen molar-refractivity contribution in [3.63, 3.8) is 0 Å². The van der Waals surface area contributed by atoms with Crippen LogP contribution in [0.1, 0.15) is 92.2 Å². The van der Waals surface area contributed by atoms with Crippen LogP contribution in [0, 0.1) is 0 Å². The Morgan fingerprint density at radius 1 is 0.449 bits per heavy atom. The molecule has 0 fully saturated rings. The molecule has 3 atom stereocenters. The van der Waals surface area contributed by atoms with E-state index < -0.39 is 59.1 Å². The van der Waals surface area contributed by atoms with Crippen molar-refractivity contribution in [2.24, 2.45) is 34.4 Å². The molecular weight excluding hydrogens is 630 g/mol. The zero-order valence-corrected chi connectivity index (χ0v) is 26.9. The van der Waals surface area contributed by atoms with Crippen LogP contribution in [0.3, 0.4) is 0 Å². The van der Waals surface area contributed by atoms with E-state index in [0.29, 0.717) is 16.7 Å². The van der Waals surface area contributed by atoms with Gasteiger partial charge in [0, 0.05) is 58.9 Å². The molecule has 0 aliphatic carbocycles. The Morgan fingerprint density at radius 2 is 0.694 bits per heavy atom. The number of anilines is 3. The second kappa shape index (κ2) is 16.5. The number of nitrogens with two attached hydrogens (primary N) is 9. The number of nitrogen functional groups attached to an aromatic ring is 3. The molecule has 0 aromatic heterocycles. The Bertz CT molecular complexity index is 1570.